The van der Waals surface area contributed by atoms with E-state index in [1.165, 1.54) is 6.07 Å². The number of carbonyl (C=O) groups excluding carboxylic acids is 1. The topological polar surface area (TPSA) is 29.5 Å². The Labute approximate surface area is 111 Å². The van der Waals surface area contributed by atoms with Crippen LogP contribution in [0.2, 0.25) is 0 Å². The van der Waals surface area contributed by atoms with Crippen molar-refractivity contribution < 1.29 is 18.3 Å². The molecule has 5 heteroatoms. The molecule has 1 aromatic carbocycles. The van der Waals surface area contributed by atoms with Gasteiger partial charge in [0.15, 0.2) is 5.78 Å². The van der Waals surface area contributed by atoms with Gasteiger partial charge in [0.25, 0.3) is 0 Å². The van der Waals surface area contributed by atoms with Crippen LogP contribution in [0, 0.1) is 11.6 Å². The summed E-state index contributed by atoms with van der Waals surface area (Å²) in [6.45, 7) is 5.27. The van der Waals surface area contributed by atoms with Gasteiger partial charge < -0.3 is 4.74 Å². The van der Waals surface area contributed by atoms with Crippen LogP contribution in [-0.2, 0) is 4.74 Å². The van der Waals surface area contributed by atoms with Crippen LogP contribution in [0.5, 0.6) is 0 Å². The van der Waals surface area contributed by atoms with Crippen LogP contribution in [0.3, 0.4) is 0 Å². The molecule has 2 atom stereocenters. The molecule has 3 nitrogen and oxygen atoms in total. The molecule has 1 aliphatic rings. The number of hydrogen-bond acceptors (Lipinski definition) is 3. The Hall–Kier alpha value is -1.33. The monoisotopic (exact) mass is 269 g/mol. The van der Waals surface area contributed by atoms with Gasteiger partial charge in [-0.05, 0) is 26.0 Å². The normalized spacial score (nSPS) is 24.4. The van der Waals surface area contributed by atoms with E-state index in [4.69, 9.17) is 4.74 Å². The van der Waals surface area contributed by atoms with Crippen LogP contribution in [0.4, 0.5) is 8.78 Å². The molecule has 1 saturated heterocycles. The van der Waals surface area contributed by atoms with E-state index >= 15 is 0 Å². The summed E-state index contributed by atoms with van der Waals surface area (Å²) in [5, 5.41) is 0. The number of morpholine rings is 1. The van der Waals surface area contributed by atoms with E-state index in [-0.39, 0.29) is 30.1 Å². The van der Waals surface area contributed by atoms with Gasteiger partial charge in [-0.3, -0.25) is 9.69 Å². The number of ketones is 1. The molecule has 1 heterocycles. The van der Waals surface area contributed by atoms with Crippen molar-refractivity contribution >= 4 is 5.78 Å². The van der Waals surface area contributed by atoms with Crippen LogP contribution in [0.15, 0.2) is 18.2 Å². The summed E-state index contributed by atoms with van der Waals surface area (Å²) < 4.78 is 31.9. The molecule has 1 aromatic rings. The van der Waals surface area contributed by atoms with Crippen molar-refractivity contribution in [2.75, 3.05) is 19.6 Å². The molecular weight excluding hydrogens is 252 g/mol. The fourth-order valence-corrected chi connectivity index (χ4v) is 2.42. The molecule has 0 bridgehead atoms. The smallest absolute Gasteiger partial charge is 0.179 e. The molecule has 0 spiro atoms. The standard InChI is InChI=1S/C14H17F2NO2/c1-9-6-17(7-10(2)19-9)8-14(18)12-4-3-11(15)5-13(12)16/h3-5,9-10H,6-8H2,1-2H3. The minimum absolute atomic E-state index is 0.0506. The molecule has 0 aliphatic carbocycles. The maximum Gasteiger partial charge on any atom is 0.179 e. The minimum atomic E-state index is -0.806. The van der Waals surface area contributed by atoms with Crippen molar-refractivity contribution in [3.05, 3.63) is 35.4 Å². The lowest BCUT2D eigenvalue weighted by Gasteiger charge is -2.34. The number of benzene rings is 1. The molecule has 19 heavy (non-hydrogen) atoms. The Bertz CT molecular complexity index is 469. The summed E-state index contributed by atoms with van der Waals surface area (Å²) in [6.07, 6.45) is 0.101. The van der Waals surface area contributed by atoms with Crippen molar-refractivity contribution in [3.8, 4) is 0 Å². The quantitative estimate of drug-likeness (QED) is 0.788. The largest absolute Gasteiger partial charge is 0.373 e. The van der Waals surface area contributed by atoms with E-state index in [1.54, 1.807) is 0 Å². The third kappa shape index (κ3) is 3.58. The van der Waals surface area contributed by atoms with Crippen molar-refractivity contribution in [1.82, 2.24) is 4.90 Å². The number of ether oxygens (including phenoxy) is 1. The number of nitrogens with zero attached hydrogens (tertiary/aromatic N) is 1. The molecule has 2 unspecified atom stereocenters. The summed E-state index contributed by atoms with van der Waals surface area (Å²) in [6, 6.07) is 3.03. The third-order valence-electron chi connectivity index (χ3n) is 3.09. The van der Waals surface area contributed by atoms with Crippen LogP contribution >= 0.6 is 0 Å². The van der Waals surface area contributed by atoms with Gasteiger partial charge in [-0.15, -0.1) is 0 Å². The lowest BCUT2D eigenvalue weighted by Crippen LogP contribution is -2.47. The Kier molecular flexibility index (Phi) is 4.27. The SMILES string of the molecule is CC1CN(CC(=O)c2ccc(F)cc2F)CC(C)O1. The maximum atomic E-state index is 13.5. The highest BCUT2D eigenvalue weighted by Gasteiger charge is 2.24. The molecule has 0 aromatic heterocycles. The summed E-state index contributed by atoms with van der Waals surface area (Å²) in [4.78, 5) is 13.9. The van der Waals surface area contributed by atoms with E-state index in [0.717, 1.165) is 12.1 Å². The van der Waals surface area contributed by atoms with Crippen LogP contribution < -0.4 is 0 Å². The molecule has 0 radical (unpaired) electrons. The minimum Gasteiger partial charge on any atom is -0.373 e. The second kappa shape index (κ2) is 5.75. The zero-order valence-corrected chi connectivity index (χ0v) is 11.0. The molecular formula is C14H17F2NO2. The van der Waals surface area contributed by atoms with Gasteiger partial charge in [-0.1, -0.05) is 0 Å². The highest BCUT2D eigenvalue weighted by atomic mass is 19.1. The lowest BCUT2D eigenvalue weighted by atomic mass is 10.1. The molecule has 1 aliphatic heterocycles. The summed E-state index contributed by atoms with van der Waals surface area (Å²) in [5.74, 6) is -1.82. The highest BCUT2D eigenvalue weighted by Crippen LogP contribution is 2.14. The van der Waals surface area contributed by atoms with Crippen molar-refractivity contribution in [3.63, 3.8) is 0 Å². The van der Waals surface area contributed by atoms with Gasteiger partial charge in [0.2, 0.25) is 0 Å². The first-order valence-electron chi connectivity index (χ1n) is 6.31. The van der Waals surface area contributed by atoms with E-state index in [0.29, 0.717) is 13.1 Å². The number of hydrogen-bond donors (Lipinski definition) is 0. The van der Waals surface area contributed by atoms with Gasteiger partial charge in [0.1, 0.15) is 11.6 Å². The maximum absolute atomic E-state index is 13.5. The lowest BCUT2D eigenvalue weighted by molar-refractivity contribution is -0.0652. The predicted octanol–water partition coefficient (Wildman–Crippen LogP) is 2.26. The van der Waals surface area contributed by atoms with Crippen LogP contribution in [0.25, 0.3) is 0 Å². The first-order chi connectivity index (χ1) is 8.95. The Balaban J connectivity index is 2.04. The molecule has 1 fully saturated rings. The Morgan fingerprint density at radius 3 is 2.53 bits per heavy atom. The van der Waals surface area contributed by atoms with E-state index in [1.807, 2.05) is 18.7 Å². The van der Waals surface area contributed by atoms with Gasteiger partial charge >= 0.3 is 0 Å². The number of rotatable bonds is 3. The second-order valence-corrected chi connectivity index (χ2v) is 5.00. The van der Waals surface area contributed by atoms with Crippen molar-refractivity contribution in [2.45, 2.75) is 26.1 Å². The first kappa shape index (κ1) is 14.1. The fraction of sp³-hybridized carbons (Fsp3) is 0.500. The Morgan fingerprint density at radius 2 is 1.95 bits per heavy atom. The summed E-state index contributed by atoms with van der Waals surface area (Å²) in [5.41, 5.74) is -0.0619. The van der Waals surface area contributed by atoms with Crippen LogP contribution in [0.1, 0.15) is 24.2 Å². The Morgan fingerprint density at radius 1 is 1.32 bits per heavy atom. The van der Waals surface area contributed by atoms with Gasteiger partial charge in [0, 0.05) is 19.2 Å². The predicted molar refractivity (Wildman–Crippen MR) is 67.1 cm³/mol. The average Bonchev–Trinajstić information content (AvgIpc) is 2.26. The van der Waals surface area contributed by atoms with Gasteiger partial charge in [0.05, 0.1) is 24.3 Å². The van der Waals surface area contributed by atoms with E-state index in [2.05, 4.69) is 0 Å². The molecule has 104 valence electrons. The van der Waals surface area contributed by atoms with Crippen molar-refractivity contribution in [1.29, 1.82) is 0 Å². The van der Waals surface area contributed by atoms with E-state index < -0.39 is 11.6 Å². The van der Waals surface area contributed by atoms with Crippen LogP contribution in [-0.4, -0.2) is 42.5 Å². The highest BCUT2D eigenvalue weighted by molar-refractivity contribution is 5.97. The zero-order valence-electron chi connectivity index (χ0n) is 11.0. The zero-order chi connectivity index (χ0) is 14.0. The molecule has 2 rings (SSSR count). The van der Waals surface area contributed by atoms with E-state index in [9.17, 15) is 13.6 Å². The molecule has 0 N–H and O–H groups in total. The van der Waals surface area contributed by atoms with Gasteiger partial charge in [-0.2, -0.15) is 0 Å². The molecule has 0 saturated carbocycles. The number of carbonyl (C=O) groups is 1. The summed E-state index contributed by atoms with van der Waals surface area (Å²) >= 11 is 0. The third-order valence-corrected chi connectivity index (χ3v) is 3.09. The van der Waals surface area contributed by atoms with Gasteiger partial charge in [-0.25, -0.2) is 8.78 Å². The number of Topliss-reactive ketones (excluding diaryl/α,β-unsaturated/α-hetero) is 1. The molecule has 0 amide bonds. The average molecular weight is 269 g/mol. The van der Waals surface area contributed by atoms with Crippen molar-refractivity contribution in [2.24, 2.45) is 0 Å². The fourth-order valence-electron chi connectivity index (χ4n) is 2.42. The summed E-state index contributed by atoms with van der Waals surface area (Å²) in [7, 11) is 0. The number of halogens is 2. The second-order valence-electron chi connectivity index (χ2n) is 5.00. The first-order valence-corrected chi connectivity index (χ1v) is 6.31.